The molecule has 3 atom stereocenters. The summed E-state index contributed by atoms with van der Waals surface area (Å²) in [6.45, 7) is 0. The molecular formula is C15H13BrFN3OS. The van der Waals surface area contributed by atoms with E-state index in [4.69, 9.17) is 0 Å². The standard InChI is InChI=1S/C15H13BrFN3OS/c16-9-5-8(1-2-10(9)17)15-14-11(6-22-7-12(14)21)19-13-3-4-18-20(13)15/h1-5,11,14-15,19H,6-7H2. The number of nitrogens with one attached hydrogen (secondary N) is 1. The van der Waals surface area contributed by atoms with E-state index in [9.17, 15) is 9.18 Å². The van der Waals surface area contributed by atoms with Crippen molar-refractivity contribution >= 4 is 39.3 Å². The number of rotatable bonds is 1. The Kier molecular flexibility index (Phi) is 3.49. The molecule has 7 heteroatoms. The highest BCUT2D eigenvalue weighted by molar-refractivity contribution is 9.10. The summed E-state index contributed by atoms with van der Waals surface area (Å²) >= 11 is 4.90. The van der Waals surface area contributed by atoms with E-state index < -0.39 is 0 Å². The van der Waals surface area contributed by atoms with E-state index in [1.807, 2.05) is 10.7 Å². The number of hydrogen-bond donors (Lipinski definition) is 1. The highest BCUT2D eigenvalue weighted by Crippen LogP contribution is 2.41. The first-order valence-corrected chi connectivity index (χ1v) is 8.95. The number of Topliss-reactive ketones (excluding diaryl/α,β-unsaturated/α-hetero) is 1. The van der Waals surface area contributed by atoms with Crippen LogP contribution in [-0.4, -0.2) is 33.1 Å². The summed E-state index contributed by atoms with van der Waals surface area (Å²) in [6.07, 6.45) is 1.73. The molecule has 2 aliphatic heterocycles. The van der Waals surface area contributed by atoms with Gasteiger partial charge in [0.15, 0.2) is 0 Å². The molecular weight excluding hydrogens is 369 g/mol. The number of anilines is 1. The van der Waals surface area contributed by atoms with E-state index in [1.54, 1.807) is 30.1 Å². The lowest BCUT2D eigenvalue weighted by molar-refractivity contribution is -0.122. The van der Waals surface area contributed by atoms with Crippen LogP contribution in [0.4, 0.5) is 10.2 Å². The summed E-state index contributed by atoms with van der Waals surface area (Å²) in [5, 5.41) is 7.79. The third kappa shape index (κ3) is 2.18. The van der Waals surface area contributed by atoms with E-state index in [0.717, 1.165) is 17.1 Å². The van der Waals surface area contributed by atoms with Crippen LogP contribution in [-0.2, 0) is 4.79 Å². The second-order valence-electron chi connectivity index (χ2n) is 5.54. The first kappa shape index (κ1) is 14.3. The number of hydrogen-bond acceptors (Lipinski definition) is 4. The summed E-state index contributed by atoms with van der Waals surface area (Å²) in [5.74, 6) is 2.06. The first-order valence-electron chi connectivity index (χ1n) is 7.00. The molecule has 0 amide bonds. The predicted octanol–water partition coefficient (Wildman–Crippen LogP) is 3.10. The normalized spacial score (nSPS) is 27.0. The average molecular weight is 382 g/mol. The van der Waals surface area contributed by atoms with Crippen molar-refractivity contribution in [3.05, 3.63) is 46.3 Å². The fourth-order valence-corrected chi connectivity index (χ4v) is 4.73. The SMILES string of the molecule is O=C1CSCC2Nc3ccnn3C(c3ccc(F)c(Br)c3)C12. The molecule has 3 heterocycles. The molecule has 0 aliphatic carbocycles. The Labute approximate surface area is 139 Å². The topological polar surface area (TPSA) is 46.9 Å². The van der Waals surface area contributed by atoms with E-state index in [-0.39, 0.29) is 29.6 Å². The smallest absolute Gasteiger partial charge is 0.150 e. The molecule has 0 spiro atoms. The van der Waals surface area contributed by atoms with Gasteiger partial charge in [0.1, 0.15) is 17.4 Å². The van der Waals surface area contributed by atoms with Gasteiger partial charge in [0, 0.05) is 17.9 Å². The van der Waals surface area contributed by atoms with E-state index in [0.29, 0.717) is 10.2 Å². The Balaban J connectivity index is 1.86. The molecule has 2 aromatic rings. The van der Waals surface area contributed by atoms with Crippen molar-refractivity contribution < 1.29 is 9.18 Å². The molecule has 114 valence electrons. The highest BCUT2D eigenvalue weighted by atomic mass is 79.9. The molecule has 1 saturated heterocycles. The zero-order chi connectivity index (χ0) is 15.3. The van der Waals surface area contributed by atoms with Crippen molar-refractivity contribution in [2.45, 2.75) is 12.1 Å². The minimum atomic E-state index is -0.305. The molecule has 1 aromatic carbocycles. The Morgan fingerprint density at radius 1 is 1.41 bits per heavy atom. The maximum atomic E-state index is 13.6. The minimum Gasteiger partial charge on any atom is -0.366 e. The predicted molar refractivity (Wildman–Crippen MR) is 87.7 cm³/mol. The number of carbonyl (C=O) groups excluding carboxylic acids is 1. The van der Waals surface area contributed by atoms with Crippen LogP contribution in [0.5, 0.6) is 0 Å². The van der Waals surface area contributed by atoms with Gasteiger partial charge in [-0.15, -0.1) is 0 Å². The molecule has 1 fully saturated rings. The third-order valence-electron chi connectivity index (χ3n) is 4.24. The second kappa shape index (κ2) is 5.38. The number of halogens is 2. The monoisotopic (exact) mass is 381 g/mol. The number of thioether (sulfide) groups is 1. The molecule has 4 rings (SSSR count). The Bertz CT molecular complexity index is 750. The first-order chi connectivity index (χ1) is 10.6. The third-order valence-corrected chi connectivity index (χ3v) is 5.93. The van der Waals surface area contributed by atoms with Crippen molar-refractivity contribution in [2.75, 3.05) is 16.8 Å². The second-order valence-corrected chi connectivity index (χ2v) is 7.42. The van der Waals surface area contributed by atoms with Crippen molar-refractivity contribution in [3.63, 3.8) is 0 Å². The quantitative estimate of drug-likeness (QED) is 0.824. The number of aromatic nitrogens is 2. The fraction of sp³-hybridized carbons (Fsp3) is 0.333. The summed E-state index contributed by atoms with van der Waals surface area (Å²) < 4.78 is 15.8. The minimum absolute atomic E-state index is 0.0873. The van der Waals surface area contributed by atoms with Gasteiger partial charge in [0.05, 0.1) is 28.4 Å². The fourth-order valence-electron chi connectivity index (χ4n) is 3.28. The van der Waals surface area contributed by atoms with Crippen LogP contribution < -0.4 is 5.32 Å². The van der Waals surface area contributed by atoms with E-state index >= 15 is 0 Å². The van der Waals surface area contributed by atoms with Crippen LogP contribution >= 0.6 is 27.7 Å². The summed E-state index contributed by atoms with van der Waals surface area (Å²) in [6, 6.07) is 6.73. The summed E-state index contributed by atoms with van der Waals surface area (Å²) in [4.78, 5) is 12.5. The molecule has 4 nitrogen and oxygen atoms in total. The highest BCUT2D eigenvalue weighted by Gasteiger charge is 2.44. The number of nitrogens with zero attached hydrogens (tertiary/aromatic N) is 2. The van der Waals surface area contributed by atoms with Crippen LogP contribution in [0, 0.1) is 11.7 Å². The number of carbonyl (C=O) groups is 1. The lowest BCUT2D eigenvalue weighted by atomic mass is 9.83. The molecule has 0 bridgehead atoms. The zero-order valence-corrected chi connectivity index (χ0v) is 13.9. The van der Waals surface area contributed by atoms with Gasteiger partial charge in [-0.1, -0.05) is 6.07 Å². The number of fused-ring (bicyclic) bond motifs is 2. The van der Waals surface area contributed by atoms with Crippen LogP contribution in [0.3, 0.4) is 0 Å². The lowest BCUT2D eigenvalue weighted by Gasteiger charge is -2.41. The van der Waals surface area contributed by atoms with Gasteiger partial charge in [-0.2, -0.15) is 16.9 Å². The van der Waals surface area contributed by atoms with Gasteiger partial charge in [-0.05, 0) is 33.6 Å². The van der Waals surface area contributed by atoms with Gasteiger partial charge in [-0.25, -0.2) is 9.07 Å². The average Bonchev–Trinajstić information content (AvgIpc) is 2.96. The van der Waals surface area contributed by atoms with Gasteiger partial charge >= 0.3 is 0 Å². The van der Waals surface area contributed by atoms with Crippen molar-refractivity contribution in [1.29, 1.82) is 0 Å². The molecule has 22 heavy (non-hydrogen) atoms. The maximum absolute atomic E-state index is 13.6. The van der Waals surface area contributed by atoms with Crippen molar-refractivity contribution in [3.8, 4) is 0 Å². The molecule has 1 N–H and O–H groups in total. The Hall–Kier alpha value is -1.34. The molecule has 0 saturated carbocycles. The van der Waals surface area contributed by atoms with Gasteiger partial charge < -0.3 is 5.32 Å². The maximum Gasteiger partial charge on any atom is 0.150 e. The van der Waals surface area contributed by atoms with Crippen LogP contribution in [0.1, 0.15) is 11.6 Å². The van der Waals surface area contributed by atoms with Crippen molar-refractivity contribution in [2.24, 2.45) is 5.92 Å². The van der Waals surface area contributed by atoms with Crippen LogP contribution in [0.2, 0.25) is 0 Å². The number of benzene rings is 1. The van der Waals surface area contributed by atoms with Crippen LogP contribution in [0.15, 0.2) is 34.9 Å². The number of ketones is 1. The molecule has 3 unspecified atom stereocenters. The van der Waals surface area contributed by atoms with E-state index in [1.165, 1.54) is 6.07 Å². The molecule has 0 radical (unpaired) electrons. The van der Waals surface area contributed by atoms with Gasteiger partial charge in [0.2, 0.25) is 0 Å². The zero-order valence-electron chi connectivity index (χ0n) is 11.5. The summed E-state index contributed by atoms with van der Waals surface area (Å²) in [7, 11) is 0. The van der Waals surface area contributed by atoms with E-state index in [2.05, 4.69) is 26.3 Å². The molecule has 2 aliphatic rings. The molecule has 1 aromatic heterocycles. The largest absolute Gasteiger partial charge is 0.366 e. The van der Waals surface area contributed by atoms with Gasteiger partial charge in [0.25, 0.3) is 0 Å². The van der Waals surface area contributed by atoms with Crippen molar-refractivity contribution in [1.82, 2.24) is 9.78 Å². The van der Waals surface area contributed by atoms with Gasteiger partial charge in [-0.3, -0.25) is 4.79 Å². The Morgan fingerprint density at radius 2 is 2.27 bits per heavy atom. The Morgan fingerprint density at radius 3 is 3.09 bits per heavy atom. The lowest BCUT2D eigenvalue weighted by Crippen LogP contribution is -2.50. The summed E-state index contributed by atoms with van der Waals surface area (Å²) in [5.41, 5.74) is 0.898. The van der Waals surface area contributed by atoms with Crippen LogP contribution in [0.25, 0.3) is 0 Å².